The minimum Gasteiger partial charge on any atom is -0.463 e. The summed E-state index contributed by atoms with van der Waals surface area (Å²) in [6.45, 7) is 4.31. The summed E-state index contributed by atoms with van der Waals surface area (Å²) in [7, 11) is 1.30. The first kappa shape index (κ1) is 13.4. The van der Waals surface area contributed by atoms with E-state index in [0.717, 1.165) is 10.7 Å². The van der Waals surface area contributed by atoms with Crippen LogP contribution in [0.25, 0.3) is 0 Å². The molecule has 0 aliphatic heterocycles. The zero-order valence-electron chi connectivity index (χ0n) is 10.9. The molecule has 2 heterocycles. The lowest BCUT2D eigenvalue weighted by molar-refractivity contribution is 0.0586. The summed E-state index contributed by atoms with van der Waals surface area (Å²) >= 11 is 1.60. The van der Waals surface area contributed by atoms with Gasteiger partial charge < -0.3 is 10.1 Å². The molecule has 0 fully saturated rings. The van der Waals surface area contributed by atoms with Gasteiger partial charge in [-0.05, 0) is 13.8 Å². The molecule has 0 unspecified atom stereocenters. The molecule has 2 aromatic heterocycles. The number of esters is 1. The number of carbonyl (C=O) groups is 1. The molecule has 0 radical (unpaired) electrons. The number of nitrogens with zero attached hydrogens (tertiary/aromatic N) is 3. The number of aryl methyl sites for hydroxylation is 2. The summed E-state index contributed by atoms with van der Waals surface area (Å²) in [5, 5.41) is 6.12. The third-order valence-electron chi connectivity index (χ3n) is 2.34. The van der Waals surface area contributed by atoms with Gasteiger partial charge in [-0.15, -0.1) is 11.3 Å². The van der Waals surface area contributed by atoms with Crippen molar-refractivity contribution in [1.29, 1.82) is 0 Å². The average molecular weight is 278 g/mol. The Hall–Kier alpha value is -2.02. The van der Waals surface area contributed by atoms with Gasteiger partial charge in [0.15, 0.2) is 0 Å². The Morgan fingerprint density at radius 3 is 2.79 bits per heavy atom. The SMILES string of the molecule is COC(=O)c1nc(C)cc(NCc2csc(C)n2)n1. The van der Waals surface area contributed by atoms with E-state index in [2.05, 4.69) is 25.0 Å². The van der Waals surface area contributed by atoms with Gasteiger partial charge in [-0.25, -0.2) is 19.7 Å². The van der Waals surface area contributed by atoms with Crippen LogP contribution in [-0.4, -0.2) is 28.0 Å². The number of hydrogen-bond donors (Lipinski definition) is 1. The number of ether oxygens (including phenoxy) is 1. The molecule has 0 aliphatic rings. The number of nitrogens with one attached hydrogen (secondary N) is 1. The van der Waals surface area contributed by atoms with E-state index in [1.165, 1.54) is 7.11 Å². The molecule has 2 aromatic rings. The van der Waals surface area contributed by atoms with Crippen LogP contribution in [0.15, 0.2) is 11.4 Å². The van der Waals surface area contributed by atoms with Gasteiger partial charge >= 0.3 is 5.97 Å². The van der Waals surface area contributed by atoms with E-state index in [1.807, 2.05) is 12.3 Å². The molecule has 0 saturated heterocycles. The van der Waals surface area contributed by atoms with Crippen molar-refractivity contribution < 1.29 is 9.53 Å². The Morgan fingerprint density at radius 1 is 1.37 bits per heavy atom. The lowest BCUT2D eigenvalue weighted by atomic mass is 10.4. The average Bonchev–Trinajstić information content (AvgIpc) is 2.80. The fourth-order valence-electron chi connectivity index (χ4n) is 1.51. The summed E-state index contributed by atoms with van der Waals surface area (Å²) in [6.07, 6.45) is 0. The highest BCUT2D eigenvalue weighted by Crippen LogP contribution is 2.11. The molecule has 1 N–H and O–H groups in total. The predicted molar refractivity (Wildman–Crippen MR) is 72.3 cm³/mol. The minimum absolute atomic E-state index is 0.0551. The predicted octanol–water partition coefficient (Wildman–Crippen LogP) is 1.95. The Labute approximate surface area is 114 Å². The first-order valence-corrected chi connectivity index (χ1v) is 6.55. The molecule has 100 valence electrons. The standard InChI is InChI=1S/C12H14N4O2S/c1-7-4-10(16-11(14-7)12(17)18-3)13-5-9-6-19-8(2)15-9/h4,6H,5H2,1-3H3,(H,13,14,16). The van der Waals surface area contributed by atoms with E-state index < -0.39 is 5.97 Å². The zero-order chi connectivity index (χ0) is 13.8. The lowest BCUT2D eigenvalue weighted by Crippen LogP contribution is -2.11. The highest BCUT2D eigenvalue weighted by Gasteiger charge is 2.11. The van der Waals surface area contributed by atoms with E-state index >= 15 is 0 Å². The molecular weight excluding hydrogens is 264 g/mol. The van der Waals surface area contributed by atoms with E-state index in [0.29, 0.717) is 18.1 Å². The number of carbonyl (C=O) groups excluding carboxylic acids is 1. The molecule has 19 heavy (non-hydrogen) atoms. The molecule has 6 nitrogen and oxygen atoms in total. The summed E-state index contributed by atoms with van der Waals surface area (Å²) in [4.78, 5) is 23.9. The molecule has 0 aromatic carbocycles. The topological polar surface area (TPSA) is 77.0 Å². The number of hydrogen-bond acceptors (Lipinski definition) is 7. The van der Waals surface area contributed by atoms with Crippen molar-refractivity contribution in [2.75, 3.05) is 12.4 Å². The molecular formula is C12H14N4O2S. The summed E-state index contributed by atoms with van der Waals surface area (Å²) in [5.74, 6) is 0.0919. The third-order valence-corrected chi connectivity index (χ3v) is 3.16. The fourth-order valence-corrected chi connectivity index (χ4v) is 2.12. The number of aromatic nitrogens is 3. The van der Waals surface area contributed by atoms with Crippen molar-refractivity contribution in [1.82, 2.24) is 15.0 Å². The molecule has 0 atom stereocenters. The van der Waals surface area contributed by atoms with Crippen LogP contribution in [0.1, 0.15) is 27.0 Å². The van der Waals surface area contributed by atoms with Crippen molar-refractivity contribution in [3.63, 3.8) is 0 Å². The van der Waals surface area contributed by atoms with E-state index in [9.17, 15) is 4.79 Å². The van der Waals surface area contributed by atoms with Gasteiger partial charge in [0.05, 0.1) is 24.4 Å². The Morgan fingerprint density at radius 2 is 2.16 bits per heavy atom. The van der Waals surface area contributed by atoms with Gasteiger partial charge in [0.2, 0.25) is 5.82 Å². The Bertz CT molecular complexity index is 597. The van der Waals surface area contributed by atoms with Crippen LogP contribution in [0, 0.1) is 13.8 Å². The van der Waals surface area contributed by atoms with Crippen molar-refractivity contribution >= 4 is 23.1 Å². The second kappa shape index (κ2) is 5.75. The maximum absolute atomic E-state index is 11.4. The zero-order valence-corrected chi connectivity index (χ0v) is 11.7. The monoisotopic (exact) mass is 278 g/mol. The number of anilines is 1. The maximum Gasteiger partial charge on any atom is 0.376 e. The molecule has 0 spiro atoms. The number of rotatable bonds is 4. The van der Waals surface area contributed by atoms with Crippen molar-refractivity contribution in [2.24, 2.45) is 0 Å². The quantitative estimate of drug-likeness (QED) is 0.861. The highest BCUT2D eigenvalue weighted by molar-refractivity contribution is 7.09. The highest BCUT2D eigenvalue weighted by atomic mass is 32.1. The fraction of sp³-hybridized carbons (Fsp3) is 0.333. The van der Waals surface area contributed by atoms with Gasteiger partial charge in [-0.3, -0.25) is 0 Å². The number of thiazole rings is 1. The van der Waals surface area contributed by atoms with Gasteiger partial charge in [0, 0.05) is 17.1 Å². The van der Waals surface area contributed by atoms with Crippen LogP contribution in [0.4, 0.5) is 5.82 Å². The van der Waals surface area contributed by atoms with Gasteiger partial charge in [-0.1, -0.05) is 0 Å². The Balaban J connectivity index is 2.11. The Kier molecular flexibility index (Phi) is 4.06. The van der Waals surface area contributed by atoms with Crippen LogP contribution >= 0.6 is 11.3 Å². The lowest BCUT2D eigenvalue weighted by Gasteiger charge is -2.06. The summed E-state index contributed by atoms with van der Waals surface area (Å²) in [5.41, 5.74) is 1.64. The molecule has 0 amide bonds. The van der Waals surface area contributed by atoms with Gasteiger partial charge in [0.25, 0.3) is 0 Å². The van der Waals surface area contributed by atoms with E-state index in [-0.39, 0.29) is 5.82 Å². The first-order valence-electron chi connectivity index (χ1n) is 5.67. The van der Waals surface area contributed by atoms with Crippen molar-refractivity contribution in [3.8, 4) is 0 Å². The van der Waals surface area contributed by atoms with Crippen LogP contribution in [0.5, 0.6) is 0 Å². The van der Waals surface area contributed by atoms with Gasteiger partial charge in [-0.2, -0.15) is 0 Å². The minimum atomic E-state index is -0.545. The van der Waals surface area contributed by atoms with Crippen molar-refractivity contribution in [2.45, 2.75) is 20.4 Å². The molecule has 0 saturated carbocycles. The second-order valence-corrected chi connectivity index (χ2v) is 4.98. The smallest absolute Gasteiger partial charge is 0.376 e. The van der Waals surface area contributed by atoms with Crippen molar-refractivity contribution in [3.05, 3.63) is 33.7 Å². The number of methoxy groups -OCH3 is 1. The van der Waals surface area contributed by atoms with E-state index in [1.54, 1.807) is 24.3 Å². The van der Waals surface area contributed by atoms with E-state index in [4.69, 9.17) is 0 Å². The second-order valence-electron chi connectivity index (χ2n) is 3.92. The summed E-state index contributed by atoms with van der Waals surface area (Å²) < 4.78 is 4.61. The van der Waals surface area contributed by atoms with Crippen LogP contribution in [0.2, 0.25) is 0 Å². The van der Waals surface area contributed by atoms with Crippen LogP contribution < -0.4 is 5.32 Å². The summed E-state index contributed by atoms with van der Waals surface area (Å²) in [6, 6.07) is 1.77. The molecule has 7 heteroatoms. The van der Waals surface area contributed by atoms with Crippen LogP contribution in [0.3, 0.4) is 0 Å². The molecule has 0 aliphatic carbocycles. The first-order chi connectivity index (χ1) is 9.08. The largest absolute Gasteiger partial charge is 0.463 e. The third kappa shape index (κ3) is 3.47. The molecule has 2 rings (SSSR count). The molecule has 0 bridgehead atoms. The normalized spacial score (nSPS) is 10.3. The maximum atomic E-state index is 11.4. The van der Waals surface area contributed by atoms with Gasteiger partial charge in [0.1, 0.15) is 5.82 Å². The van der Waals surface area contributed by atoms with Crippen LogP contribution in [-0.2, 0) is 11.3 Å².